The Kier molecular flexibility index (Phi) is 7.71. The first-order valence-electron chi connectivity index (χ1n) is 9.90. The number of hydrogen-bond acceptors (Lipinski definition) is 4. The van der Waals surface area contributed by atoms with Crippen molar-refractivity contribution in [1.29, 1.82) is 0 Å². The minimum Gasteiger partial charge on any atom is -0.486 e. The number of aryl methyl sites for hydroxylation is 1. The number of halogens is 1. The number of carbonyl (C=O) groups excluding carboxylic acids is 1. The Morgan fingerprint density at radius 2 is 1.90 bits per heavy atom. The highest BCUT2D eigenvalue weighted by molar-refractivity contribution is 7.09. The number of carbonyl (C=O) groups is 1. The molecule has 30 heavy (non-hydrogen) atoms. The third-order valence-electron chi connectivity index (χ3n) is 4.79. The van der Waals surface area contributed by atoms with E-state index in [0.29, 0.717) is 18.2 Å². The smallest absolute Gasteiger partial charge is 0.322 e. The Labute approximate surface area is 186 Å². The highest BCUT2D eigenvalue weighted by Crippen LogP contribution is 2.20. The van der Waals surface area contributed by atoms with Crippen molar-refractivity contribution >= 4 is 34.7 Å². The maximum Gasteiger partial charge on any atom is 0.322 e. The normalized spacial score (nSPS) is 11.7. The monoisotopic (exact) mass is 443 g/mol. The molecule has 1 heterocycles. The summed E-state index contributed by atoms with van der Waals surface area (Å²) in [5, 5.41) is 6.51. The van der Waals surface area contributed by atoms with Gasteiger partial charge in [-0.25, -0.2) is 9.78 Å². The van der Waals surface area contributed by atoms with E-state index >= 15 is 0 Å². The van der Waals surface area contributed by atoms with Crippen molar-refractivity contribution in [3.63, 3.8) is 0 Å². The lowest BCUT2D eigenvalue weighted by Crippen LogP contribution is -2.40. The lowest BCUT2D eigenvalue weighted by atomic mass is 10.2. The molecule has 2 amide bonds. The number of nitrogens with one attached hydrogen (secondary N) is 1. The predicted molar refractivity (Wildman–Crippen MR) is 123 cm³/mol. The molecular weight excluding hydrogens is 418 g/mol. The fourth-order valence-corrected chi connectivity index (χ4v) is 3.64. The maximum absolute atomic E-state index is 12.9. The van der Waals surface area contributed by atoms with Gasteiger partial charge in [-0.3, -0.25) is 0 Å². The Morgan fingerprint density at radius 1 is 1.20 bits per heavy atom. The third kappa shape index (κ3) is 6.21. The molecule has 0 radical (unpaired) electrons. The Bertz CT molecular complexity index is 957. The minimum absolute atomic E-state index is 0.0888. The molecule has 158 valence electrons. The van der Waals surface area contributed by atoms with Crippen LogP contribution in [-0.4, -0.2) is 22.0 Å². The molecule has 0 bridgehead atoms. The van der Waals surface area contributed by atoms with Crippen LogP contribution in [0, 0.1) is 6.92 Å². The number of benzene rings is 2. The summed E-state index contributed by atoms with van der Waals surface area (Å²) in [5.74, 6) is 0.745. The summed E-state index contributed by atoms with van der Waals surface area (Å²) < 4.78 is 5.77. The molecule has 0 aliphatic heterocycles. The van der Waals surface area contributed by atoms with Crippen molar-refractivity contribution in [2.45, 2.75) is 46.4 Å². The van der Waals surface area contributed by atoms with Crippen LogP contribution in [0.4, 0.5) is 10.5 Å². The standard InChI is InChI=1S/C23H26ClN3O2S/c1-4-17(3)27(23(28)26-19-9-5-16(2)6-10-19)13-20-15-30-22(25-20)14-29-21-11-7-18(24)8-12-21/h5-12,15,17H,4,13-14H2,1-3H3,(H,26,28)/t17-/m0/s1. The molecule has 3 rings (SSSR count). The number of rotatable bonds is 8. The van der Waals surface area contributed by atoms with Crippen LogP contribution in [0.15, 0.2) is 53.9 Å². The van der Waals surface area contributed by atoms with Gasteiger partial charge in [0, 0.05) is 22.1 Å². The number of ether oxygens (including phenoxy) is 1. The van der Waals surface area contributed by atoms with Crippen LogP contribution in [0.25, 0.3) is 0 Å². The van der Waals surface area contributed by atoms with Crippen molar-refractivity contribution in [3.8, 4) is 5.75 Å². The zero-order chi connectivity index (χ0) is 21.5. The number of amides is 2. The van der Waals surface area contributed by atoms with E-state index < -0.39 is 0 Å². The number of urea groups is 1. The van der Waals surface area contributed by atoms with Gasteiger partial charge in [0.2, 0.25) is 0 Å². The fraction of sp³-hybridized carbons (Fsp3) is 0.304. The Hall–Kier alpha value is -2.57. The third-order valence-corrected chi connectivity index (χ3v) is 5.92. The highest BCUT2D eigenvalue weighted by atomic mass is 35.5. The summed E-state index contributed by atoms with van der Waals surface area (Å²) in [6, 6.07) is 15.0. The lowest BCUT2D eigenvalue weighted by Gasteiger charge is -2.28. The molecule has 0 unspecified atom stereocenters. The van der Waals surface area contributed by atoms with Gasteiger partial charge in [-0.2, -0.15) is 0 Å². The van der Waals surface area contributed by atoms with E-state index in [1.54, 1.807) is 12.1 Å². The molecule has 0 fully saturated rings. The second kappa shape index (κ2) is 10.5. The van der Waals surface area contributed by atoms with Crippen LogP contribution < -0.4 is 10.1 Å². The zero-order valence-electron chi connectivity index (χ0n) is 17.4. The van der Waals surface area contributed by atoms with E-state index in [9.17, 15) is 4.79 Å². The van der Waals surface area contributed by atoms with E-state index in [1.165, 1.54) is 11.3 Å². The molecule has 5 nitrogen and oxygen atoms in total. The van der Waals surface area contributed by atoms with Gasteiger partial charge in [-0.05, 0) is 56.7 Å². The van der Waals surface area contributed by atoms with Gasteiger partial charge in [0.15, 0.2) is 0 Å². The SMILES string of the molecule is CC[C@H](C)N(Cc1csc(COc2ccc(Cl)cc2)n1)C(=O)Nc1ccc(C)cc1. The first kappa shape index (κ1) is 22.1. The van der Waals surface area contributed by atoms with Gasteiger partial charge < -0.3 is 15.0 Å². The highest BCUT2D eigenvalue weighted by Gasteiger charge is 2.20. The van der Waals surface area contributed by atoms with Crippen molar-refractivity contribution < 1.29 is 9.53 Å². The quantitative estimate of drug-likeness (QED) is 0.431. The molecule has 0 saturated heterocycles. The molecule has 1 N–H and O–H groups in total. The molecular formula is C23H26ClN3O2S. The number of hydrogen-bond donors (Lipinski definition) is 1. The van der Waals surface area contributed by atoms with Crippen LogP contribution in [0.2, 0.25) is 5.02 Å². The van der Waals surface area contributed by atoms with E-state index in [2.05, 4.69) is 17.2 Å². The summed E-state index contributed by atoms with van der Waals surface area (Å²) in [4.78, 5) is 19.4. The average Bonchev–Trinajstić information content (AvgIpc) is 3.20. The molecule has 2 aromatic carbocycles. The molecule has 1 aromatic heterocycles. The van der Waals surface area contributed by atoms with Crippen LogP contribution in [-0.2, 0) is 13.2 Å². The summed E-state index contributed by atoms with van der Waals surface area (Å²) in [5.41, 5.74) is 2.80. The second-order valence-electron chi connectivity index (χ2n) is 7.16. The maximum atomic E-state index is 12.9. The van der Waals surface area contributed by atoms with Gasteiger partial charge in [0.1, 0.15) is 17.4 Å². The van der Waals surface area contributed by atoms with Gasteiger partial charge >= 0.3 is 6.03 Å². The summed E-state index contributed by atoms with van der Waals surface area (Å²) >= 11 is 7.43. The van der Waals surface area contributed by atoms with E-state index in [0.717, 1.165) is 34.1 Å². The van der Waals surface area contributed by atoms with Gasteiger partial charge in [0.05, 0.1) is 12.2 Å². The Morgan fingerprint density at radius 3 is 2.57 bits per heavy atom. The van der Waals surface area contributed by atoms with E-state index in [4.69, 9.17) is 16.3 Å². The van der Waals surface area contributed by atoms with Crippen LogP contribution in [0.1, 0.15) is 36.5 Å². The number of aromatic nitrogens is 1. The fourth-order valence-electron chi connectivity index (χ4n) is 2.82. The number of anilines is 1. The predicted octanol–water partition coefficient (Wildman–Crippen LogP) is 6.52. The molecule has 0 saturated carbocycles. The average molecular weight is 444 g/mol. The van der Waals surface area contributed by atoms with Gasteiger partial charge in [-0.15, -0.1) is 11.3 Å². The van der Waals surface area contributed by atoms with Gasteiger partial charge in [-0.1, -0.05) is 36.2 Å². The van der Waals surface area contributed by atoms with E-state index in [-0.39, 0.29) is 12.1 Å². The first-order chi connectivity index (χ1) is 14.4. The molecule has 0 aliphatic carbocycles. The number of nitrogens with zero attached hydrogens (tertiary/aromatic N) is 2. The zero-order valence-corrected chi connectivity index (χ0v) is 19.0. The summed E-state index contributed by atoms with van der Waals surface area (Å²) in [6.07, 6.45) is 0.859. The van der Waals surface area contributed by atoms with Crippen LogP contribution in [0.5, 0.6) is 5.75 Å². The second-order valence-corrected chi connectivity index (χ2v) is 8.54. The molecule has 1 atom stereocenters. The Balaban J connectivity index is 1.62. The van der Waals surface area contributed by atoms with E-state index in [1.807, 2.05) is 60.5 Å². The van der Waals surface area contributed by atoms with Crippen LogP contribution in [0.3, 0.4) is 0 Å². The van der Waals surface area contributed by atoms with Crippen molar-refractivity contribution in [1.82, 2.24) is 9.88 Å². The summed E-state index contributed by atoms with van der Waals surface area (Å²) in [7, 11) is 0. The topological polar surface area (TPSA) is 54.5 Å². The largest absolute Gasteiger partial charge is 0.486 e. The van der Waals surface area contributed by atoms with Crippen molar-refractivity contribution in [3.05, 3.63) is 75.2 Å². The summed E-state index contributed by atoms with van der Waals surface area (Å²) in [6.45, 7) is 6.97. The lowest BCUT2D eigenvalue weighted by molar-refractivity contribution is 0.186. The van der Waals surface area contributed by atoms with Gasteiger partial charge in [0.25, 0.3) is 0 Å². The van der Waals surface area contributed by atoms with Crippen molar-refractivity contribution in [2.75, 3.05) is 5.32 Å². The molecule has 7 heteroatoms. The first-order valence-corrected chi connectivity index (χ1v) is 11.2. The molecule has 0 aliphatic rings. The minimum atomic E-state index is -0.125. The molecule has 0 spiro atoms. The van der Waals surface area contributed by atoms with Crippen molar-refractivity contribution in [2.24, 2.45) is 0 Å². The molecule has 3 aromatic rings. The van der Waals surface area contributed by atoms with Crippen LogP contribution >= 0.6 is 22.9 Å². The number of thiazole rings is 1.